The molecule has 100 heavy (non-hydrogen) atoms. The zero-order valence-electron chi connectivity index (χ0n) is 56.2. The van der Waals surface area contributed by atoms with Crippen LogP contribution in [0.5, 0.6) is 0 Å². The van der Waals surface area contributed by atoms with Crippen molar-refractivity contribution < 1.29 is 0 Å². The highest BCUT2D eigenvalue weighted by molar-refractivity contribution is 6.01. The van der Waals surface area contributed by atoms with Crippen molar-refractivity contribution in [2.45, 2.75) is 27.7 Å². The summed E-state index contributed by atoms with van der Waals surface area (Å²) in [5.74, 6) is 0. The van der Waals surface area contributed by atoms with E-state index in [9.17, 15) is 0 Å². The van der Waals surface area contributed by atoms with E-state index in [1.165, 1.54) is 0 Å². The van der Waals surface area contributed by atoms with E-state index in [4.69, 9.17) is 30.4 Å². The molecular weight excluding hydrogens is 1230 g/mol. The monoisotopic (exact) mass is 1310 g/mol. The number of hydrogen-bond donors (Lipinski definition) is 6. The van der Waals surface area contributed by atoms with Crippen LogP contribution in [0.3, 0.4) is 0 Å². The fourth-order valence-electron chi connectivity index (χ4n) is 14.4. The van der Waals surface area contributed by atoms with Crippen LogP contribution < -0.4 is 0 Å². The predicted molar refractivity (Wildman–Crippen MR) is 408 cm³/mol. The standard InChI is InChI=1S/C84H74N16/c1-5-97-41-33-61(34-42-97)81-65(49-85-93-81)53-9-17-57(18-10-53)77-69-25-27-71(89-69)78(58-19-11-54(12-20-58)66-50-86-94-82(66)62-35-43-98(6-2)44-36-62)73-29-31-75(91-73)80(60-23-15-56(16-24-60)68-52-88-96-84(68)64-39-47-100(8-4)48-40-64)76-32-30-74(92-76)79(72-28-26-70(77)90-72)59-21-13-55(14-22-59)67-51-87-95-83(67)63-37-45-99(7-3)46-38-63/h9-41,43,45,47,49-52,89,92H,5-8,42,44,46,48H2,1-4H3,(H,85,93)(H,86,94)(H,87,95)(H,88,96). The fraction of sp³-hybridized carbons (Fsp3) is 0.143. The number of hydrogen-bond acceptors (Lipinski definition) is 10. The first kappa shape index (κ1) is 61.1. The number of fused-ring (bicyclic) bond motifs is 8. The van der Waals surface area contributed by atoms with Crippen LogP contribution in [-0.2, 0) is 0 Å². The molecule has 0 saturated carbocycles. The van der Waals surface area contributed by atoms with Crippen LogP contribution >= 0.6 is 0 Å². The first-order valence-corrected chi connectivity index (χ1v) is 34.6. The number of aromatic nitrogens is 12. The van der Waals surface area contributed by atoms with Crippen molar-refractivity contribution in [2.75, 3.05) is 52.4 Å². The third-order valence-corrected chi connectivity index (χ3v) is 20.0. The minimum atomic E-state index is 0.817. The van der Waals surface area contributed by atoms with Crippen LogP contribution in [0.1, 0.15) is 73.2 Å². The summed E-state index contributed by atoms with van der Waals surface area (Å²) in [7, 11) is 0. The molecular formula is C84H74N16. The number of aromatic amines is 6. The molecule has 0 amide bonds. The van der Waals surface area contributed by atoms with Gasteiger partial charge in [-0.3, -0.25) is 20.4 Å². The highest BCUT2D eigenvalue weighted by Gasteiger charge is 2.24. The van der Waals surface area contributed by atoms with E-state index in [1.807, 2.05) is 24.8 Å². The molecule has 11 aromatic rings. The summed E-state index contributed by atoms with van der Waals surface area (Å²) in [5, 5.41) is 31.8. The molecule has 6 N–H and O–H groups in total. The van der Waals surface area contributed by atoms with Crippen molar-refractivity contribution in [3.8, 4) is 89.0 Å². The van der Waals surface area contributed by atoms with Crippen LogP contribution in [0.4, 0.5) is 0 Å². The highest BCUT2D eigenvalue weighted by atomic mass is 15.1. The van der Waals surface area contributed by atoms with E-state index in [0.717, 1.165) is 231 Å². The Bertz CT molecular complexity index is 4810. The molecule has 6 aliphatic heterocycles. The molecule has 0 unspecified atom stereocenters. The van der Waals surface area contributed by atoms with Gasteiger partial charge in [-0.15, -0.1) is 0 Å². The van der Waals surface area contributed by atoms with Gasteiger partial charge in [-0.2, -0.15) is 20.4 Å². The van der Waals surface area contributed by atoms with Crippen LogP contribution in [0, 0.1) is 0 Å². The number of benzene rings is 4. The number of rotatable bonds is 16. The van der Waals surface area contributed by atoms with Gasteiger partial charge in [-0.05, 0) is 170 Å². The summed E-state index contributed by atoms with van der Waals surface area (Å²) in [6.07, 6.45) is 42.9. The maximum atomic E-state index is 5.73. The first-order chi connectivity index (χ1) is 49.3. The van der Waals surface area contributed by atoms with Crippen LogP contribution in [0.15, 0.2) is 220 Å². The molecule has 8 bridgehead atoms. The number of nitrogens with one attached hydrogen (secondary N) is 6. The average Bonchev–Trinajstić information content (AvgIpc) is 1.60. The third kappa shape index (κ3) is 11.4. The third-order valence-electron chi connectivity index (χ3n) is 20.0. The molecule has 16 heteroatoms. The minimum absolute atomic E-state index is 0.817. The van der Waals surface area contributed by atoms with Crippen LogP contribution in [0.25, 0.3) is 158 Å². The second kappa shape index (κ2) is 26.1. The Labute approximate surface area is 580 Å². The minimum Gasteiger partial charge on any atom is -0.374 e. The van der Waals surface area contributed by atoms with Gasteiger partial charge in [0.1, 0.15) is 0 Å². The largest absolute Gasteiger partial charge is 0.374 e. The van der Waals surface area contributed by atoms with Gasteiger partial charge in [0.05, 0.1) is 45.6 Å². The van der Waals surface area contributed by atoms with Crippen molar-refractivity contribution in [3.63, 3.8) is 0 Å². The smallest absolute Gasteiger partial charge is 0.0997 e. The van der Waals surface area contributed by atoms with Crippen molar-refractivity contribution >= 4 is 68.7 Å². The molecule has 13 heterocycles. The lowest BCUT2D eigenvalue weighted by Gasteiger charge is -2.20. The van der Waals surface area contributed by atoms with E-state index in [0.29, 0.717) is 0 Å². The topological polar surface area (TPSA) is 185 Å². The van der Waals surface area contributed by atoms with Crippen molar-refractivity contribution in [1.29, 1.82) is 0 Å². The normalized spacial score (nSPS) is 14.9. The molecule has 0 spiro atoms. The van der Waals surface area contributed by atoms with E-state index < -0.39 is 0 Å². The number of likely N-dealkylation sites (N-methyl/N-ethyl adjacent to an activating group) is 4. The SMILES string of the molecule is CCN1C=CC(c2n[nH]cc2-c2ccc(-c3c4nc(c(-c5ccc(-c6c[nH]nc6C6=CCN(CC)C=C6)cc5)c5ccc([nH]5)c(-c5ccc(-c6c[nH]nc6C6=CCN(CC)C=C6)cc5)c5nc(c(-c6ccc(-c7c[nH]nc7C7=CCN(CC)C=C7)cc6)c6ccc3[nH]6)C=C5)C=C4)cc2)=CC1. The van der Waals surface area contributed by atoms with Gasteiger partial charge in [0.2, 0.25) is 0 Å². The first-order valence-electron chi connectivity index (χ1n) is 34.6. The summed E-state index contributed by atoms with van der Waals surface area (Å²) < 4.78 is 0. The molecule has 17 rings (SSSR count). The summed E-state index contributed by atoms with van der Waals surface area (Å²) in [6.45, 7) is 15.8. The van der Waals surface area contributed by atoms with Crippen LogP contribution in [-0.4, -0.2) is 133 Å². The Morgan fingerprint density at radius 2 is 0.500 bits per heavy atom. The molecule has 16 nitrogen and oxygen atoms in total. The Kier molecular flexibility index (Phi) is 15.9. The zero-order valence-corrected chi connectivity index (χ0v) is 56.2. The highest BCUT2D eigenvalue weighted by Crippen LogP contribution is 2.43. The van der Waals surface area contributed by atoms with E-state index in [1.54, 1.807) is 0 Å². The van der Waals surface area contributed by atoms with Crippen molar-refractivity contribution in [1.82, 2.24) is 80.3 Å². The molecule has 0 aliphatic carbocycles. The fourth-order valence-corrected chi connectivity index (χ4v) is 14.4. The van der Waals surface area contributed by atoms with Gasteiger partial charge in [-0.25, -0.2) is 9.97 Å². The molecule has 0 saturated heterocycles. The molecule has 7 aromatic heterocycles. The van der Waals surface area contributed by atoms with Crippen LogP contribution in [0.2, 0.25) is 0 Å². The summed E-state index contributed by atoms with van der Waals surface area (Å²) in [5.41, 5.74) is 31.1. The van der Waals surface area contributed by atoms with E-state index in [-0.39, 0.29) is 0 Å². The van der Waals surface area contributed by atoms with Gasteiger partial charge in [0, 0.05) is 166 Å². The summed E-state index contributed by atoms with van der Waals surface area (Å²) in [6, 6.07) is 44.1. The molecule has 0 fully saturated rings. The summed E-state index contributed by atoms with van der Waals surface area (Å²) >= 11 is 0. The van der Waals surface area contributed by atoms with Gasteiger partial charge >= 0.3 is 0 Å². The molecule has 6 aliphatic rings. The van der Waals surface area contributed by atoms with Gasteiger partial charge in [0.25, 0.3) is 0 Å². The Balaban J connectivity index is 0.858. The van der Waals surface area contributed by atoms with E-state index >= 15 is 0 Å². The van der Waals surface area contributed by atoms with Crippen molar-refractivity contribution in [3.05, 3.63) is 265 Å². The quantitative estimate of drug-likeness (QED) is 0.0544. The maximum absolute atomic E-state index is 5.73. The van der Waals surface area contributed by atoms with Gasteiger partial charge < -0.3 is 29.6 Å². The van der Waals surface area contributed by atoms with E-state index in [2.05, 4.69) is 297 Å². The number of H-pyrrole nitrogens is 6. The maximum Gasteiger partial charge on any atom is 0.0997 e. The van der Waals surface area contributed by atoms with Gasteiger partial charge in [-0.1, -0.05) is 121 Å². The molecule has 0 radical (unpaired) electrons. The average molecular weight is 1310 g/mol. The number of allylic oxidation sites excluding steroid dienone is 8. The second-order valence-electron chi connectivity index (χ2n) is 25.7. The Hall–Kier alpha value is -12.6. The van der Waals surface area contributed by atoms with Crippen molar-refractivity contribution in [2.24, 2.45) is 0 Å². The molecule has 490 valence electrons. The lowest BCUT2D eigenvalue weighted by Crippen LogP contribution is -2.18. The predicted octanol–water partition coefficient (Wildman–Crippen LogP) is 17.8. The molecule has 4 aromatic carbocycles. The lowest BCUT2D eigenvalue weighted by molar-refractivity contribution is 0.437. The second-order valence-corrected chi connectivity index (χ2v) is 25.7. The molecule has 0 atom stereocenters. The Morgan fingerprint density at radius 1 is 0.280 bits per heavy atom. The van der Waals surface area contributed by atoms with Gasteiger partial charge in [0.15, 0.2) is 0 Å². The lowest BCUT2D eigenvalue weighted by atomic mass is 9.97. The Morgan fingerprint density at radius 3 is 0.700 bits per heavy atom. The number of nitrogens with zero attached hydrogens (tertiary/aromatic N) is 10. The summed E-state index contributed by atoms with van der Waals surface area (Å²) in [4.78, 5) is 28.6. The zero-order chi connectivity index (χ0) is 67.2.